The predicted octanol–water partition coefficient (Wildman–Crippen LogP) is 3.21. The fraction of sp³-hybridized carbons (Fsp3) is 0.125. The third kappa shape index (κ3) is 3.21. The minimum absolute atomic E-state index is 0.755. The number of rotatable bonds is 1. The lowest BCUT2D eigenvalue weighted by molar-refractivity contribution is -0.192. The molecule has 4 rings (SSSR count). The first-order valence-electron chi connectivity index (χ1n) is 7.32. The number of benzene rings is 1. The van der Waals surface area contributed by atoms with Gasteiger partial charge in [0.25, 0.3) is 0 Å². The van der Waals surface area contributed by atoms with Crippen LogP contribution in [-0.4, -0.2) is 41.8 Å². The summed E-state index contributed by atoms with van der Waals surface area (Å²) < 4.78 is 33.8. The summed E-state index contributed by atoms with van der Waals surface area (Å²) >= 11 is 0. The average Bonchev–Trinajstić information content (AvgIpc) is 3.20. The van der Waals surface area contributed by atoms with Crippen LogP contribution < -0.4 is 0 Å². The van der Waals surface area contributed by atoms with Crippen LogP contribution in [-0.2, 0) is 4.79 Å². The zero-order chi connectivity index (χ0) is 18.9. The normalized spacial score (nSPS) is 11.4. The van der Waals surface area contributed by atoms with Gasteiger partial charge in [-0.1, -0.05) is 24.3 Å². The van der Waals surface area contributed by atoms with Crippen LogP contribution in [0.5, 0.6) is 0 Å². The van der Waals surface area contributed by atoms with Gasteiger partial charge in [-0.2, -0.15) is 13.2 Å². The van der Waals surface area contributed by atoms with Gasteiger partial charge in [-0.05, 0) is 18.6 Å². The van der Waals surface area contributed by atoms with E-state index in [0.717, 1.165) is 28.2 Å². The monoisotopic (exact) mass is 363 g/mol. The summed E-state index contributed by atoms with van der Waals surface area (Å²) in [5, 5.41) is 15.6. The van der Waals surface area contributed by atoms with Crippen LogP contribution in [0.4, 0.5) is 13.2 Å². The zero-order valence-corrected chi connectivity index (χ0v) is 13.3. The number of nitrogens with zero attached hydrogens (tertiary/aromatic N) is 4. The van der Waals surface area contributed by atoms with Crippen LogP contribution in [0.15, 0.2) is 42.7 Å². The highest BCUT2D eigenvalue weighted by Crippen LogP contribution is 2.24. The SMILES string of the molecule is Cc1ccccc1-c1nnc2cnc3[nH]ccc3n12.O=C(O)C(F)(F)F. The van der Waals surface area contributed by atoms with Crippen molar-refractivity contribution >= 4 is 22.8 Å². The summed E-state index contributed by atoms with van der Waals surface area (Å²) in [7, 11) is 0. The first-order valence-corrected chi connectivity index (χ1v) is 7.32. The number of aliphatic carboxylic acids is 1. The maximum Gasteiger partial charge on any atom is 0.490 e. The number of nitrogens with one attached hydrogen (secondary N) is 1. The van der Waals surface area contributed by atoms with Gasteiger partial charge < -0.3 is 10.1 Å². The van der Waals surface area contributed by atoms with Crippen molar-refractivity contribution < 1.29 is 23.1 Å². The van der Waals surface area contributed by atoms with Crippen LogP contribution in [0.1, 0.15) is 5.56 Å². The number of aromatic nitrogens is 5. The molecule has 3 aromatic heterocycles. The number of carboxylic acid groups (broad SMARTS) is 1. The largest absolute Gasteiger partial charge is 0.490 e. The molecule has 0 saturated carbocycles. The van der Waals surface area contributed by atoms with Crippen LogP contribution >= 0.6 is 0 Å². The number of H-pyrrole nitrogens is 1. The lowest BCUT2D eigenvalue weighted by atomic mass is 10.1. The zero-order valence-electron chi connectivity index (χ0n) is 13.3. The van der Waals surface area contributed by atoms with Crippen molar-refractivity contribution in [2.75, 3.05) is 0 Å². The number of carbonyl (C=O) groups is 1. The van der Waals surface area contributed by atoms with Gasteiger partial charge in [0.1, 0.15) is 0 Å². The maximum atomic E-state index is 10.6. The Morgan fingerprint density at radius 3 is 2.54 bits per heavy atom. The maximum absolute atomic E-state index is 10.6. The van der Waals surface area contributed by atoms with E-state index in [4.69, 9.17) is 9.90 Å². The Labute approximate surface area is 144 Å². The number of fused-ring (bicyclic) bond motifs is 3. The van der Waals surface area contributed by atoms with Gasteiger partial charge in [0.2, 0.25) is 0 Å². The van der Waals surface area contributed by atoms with Gasteiger partial charge in [-0.3, -0.25) is 4.40 Å². The molecular weight excluding hydrogens is 351 g/mol. The fourth-order valence-electron chi connectivity index (χ4n) is 2.37. The number of aromatic amines is 1. The van der Waals surface area contributed by atoms with E-state index in [1.807, 2.05) is 28.8 Å². The third-order valence-corrected chi connectivity index (χ3v) is 3.57. The van der Waals surface area contributed by atoms with E-state index in [-0.39, 0.29) is 0 Å². The number of alkyl halides is 3. The molecule has 4 aromatic rings. The van der Waals surface area contributed by atoms with E-state index < -0.39 is 12.1 Å². The summed E-state index contributed by atoms with van der Waals surface area (Å²) in [6.07, 6.45) is -1.48. The molecule has 10 heteroatoms. The second kappa shape index (κ2) is 6.47. The van der Waals surface area contributed by atoms with E-state index in [1.54, 1.807) is 6.20 Å². The standard InChI is InChI=1S/C14H11N5.C2HF3O2/c1-9-4-2-3-5-10(9)14-18-17-12-8-16-13-11(19(12)14)6-7-15-13;3-2(4,5)1(6)7/h2-8,15H,1H3;(H,6,7). The van der Waals surface area contributed by atoms with E-state index in [9.17, 15) is 13.2 Å². The molecule has 0 radical (unpaired) electrons. The summed E-state index contributed by atoms with van der Waals surface area (Å²) in [6, 6.07) is 10.2. The van der Waals surface area contributed by atoms with E-state index >= 15 is 0 Å². The Morgan fingerprint density at radius 2 is 1.88 bits per heavy atom. The number of halogens is 3. The molecule has 0 aliphatic rings. The molecule has 0 amide bonds. The molecule has 7 nitrogen and oxygen atoms in total. The number of carboxylic acids is 1. The van der Waals surface area contributed by atoms with Gasteiger partial charge in [-0.15, -0.1) is 10.2 Å². The molecule has 0 saturated heterocycles. The van der Waals surface area contributed by atoms with Crippen LogP contribution in [0.25, 0.3) is 28.2 Å². The van der Waals surface area contributed by atoms with Crippen molar-refractivity contribution in [2.24, 2.45) is 0 Å². The topological polar surface area (TPSA) is 96.2 Å². The number of hydrogen-bond donors (Lipinski definition) is 2. The lowest BCUT2D eigenvalue weighted by Crippen LogP contribution is -2.21. The molecule has 134 valence electrons. The molecule has 26 heavy (non-hydrogen) atoms. The van der Waals surface area contributed by atoms with Crippen molar-refractivity contribution in [3.63, 3.8) is 0 Å². The molecule has 2 N–H and O–H groups in total. The Bertz CT molecular complexity index is 1080. The highest BCUT2D eigenvalue weighted by Gasteiger charge is 2.38. The summed E-state index contributed by atoms with van der Waals surface area (Å²) in [5.41, 5.74) is 4.84. The van der Waals surface area contributed by atoms with E-state index in [2.05, 4.69) is 39.2 Å². The van der Waals surface area contributed by atoms with Crippen molar-refractivity contribution in [1.82, 2.24) is 24.6 Å². The minimum atomic E-state index is -5.08. The quantitative estimate of drug-likeness (QED) is 0.541. The van der Waals surface area contributed by atoms with Crippen LogP contribution in [0, 0.1) is 6.92 Å². The number of hydrogen-bond acceptors (Lipinski definition) is 4. The first kappa shape index (κ1) is 17.4. The number of aryl methyl sites for hydroxylation is 1. The average molecular weight is 363 g/mol. The fourth-order valence-corrected chi connectivity index (χ4v) is 2.37. The smallest absolute Gasteiger partial charge is 0.475 e. The van der Waals surface area contributed by atoms with Crippen LogP contribution in [0.3, 0.4) is 0 Å². The molecule has 0 spiro atoms. The second-order valence-electron chi connectivity index (χ2n) is 5.30. The molecule has 1 aromatic carbocycles. The van der Waals surface area contributed by atoms with Gasteiger partial charge in [0.15, 0.2) is 17.1 Å². The van der Waals surface area contributed by atoms with E-state index in [0.29, 0.717) is 0 Å². The Morgan fingerprint density at radius 1 is 1.19 bits per heavy atom. The Hall–Kier alpha value is -3.43. The molecule has 3 heterocycles. The van der Waals surface area contributed by atoms with Gasteiger partial charge >= 0.3 is 12.1 Å². The molecule has 0 unspecified atom stereocenters. The van der Waals surface area contributed by atoms with Crippen molar-refractivity contribution in [1.29, 1.82) is 0 Å². The summed E-state index contributed by atoms with van der Waals surface area (Å²) in [4.78, 5) is 16.3. The third-order valence-electron chi connectivity index (χ3n) is 3.57. The molecule has 0 atom stereocenters. The van der Waals surface area contributed by atoms with Gasteiger partial charge in [-0.25, -0.2) is 9.78 Å². The lowest BCUT2D eigenvalue weighted by Gasteiger charge is -2.04. The Kier molecular flexibility index (Phi) is 4.33. The summed E-state index contributed by atoms with van der Waals surface area (Å²) in [5.74, 6) is -1.91. The van der Waals surface area contributed by atoms with Gasteiger partial charge in [0, 0.05) is 11.8 Å². The Balaban J connectivity index is 0.000000242. The first-order chi connectivity index (χ1) is 12.3. The highest BCUT2D eigenvalue weighted by atomic mass is 19.4. The van der Waals surface area contributed by atoms with Crippen molar-refractivity contribution in [3.8, 4) is 11.4 Å². The van der Waals surface area contributed by atoms with E-state index in [1.165, 1.54) is 5.56 Å². The second-order valence-corrected chi connectivity index (χ2v) is 5.30. The highest BCUT2D eigenvalue weighted by molar-refractivity contribution is 5.78. The molecule has 0 bridgehead atoms. The van der Waals surface area contributed by atoms with Crippen LogP contribution in [0.2, 0.25) is 0 Å². The predicted molar refractivity (Wildman–Crippen MR) is 86.5 cm³/mol. The van der Waals surface area contributed by atoms with Crippen molar-refractivity contribution in [3.05, 3.63) is 48.3 Å². The summed E-state index contributed by atoms with van der Waals surface area (Å²) in [6.45, 7) is 2.08. The minimum Gasteiger partial charge on any atom is -0.475 e. The molecule has 0 fully saturated rings. The molecule has 0 aliphatic heterocycles. The molecular formula is C16H12F3N5O2. The molecule has 0 aliphatic carbocycles. The van der Waals surface area contributed by atoms with Gasteiger partial charge in [0.05, 0.1) is 11.7 Å². The van der Waals surface area contributed by atoms with Crippen molar-refractivity contribution in [2.45, 2.75) is 13.1 Å².